The molecule has 0 unspecified atom stereocenters. The van der Waals surface area contributed by atoms with Gasteiger partial charge in [0.1, 0.15) is 5.76 Å². The minimum Gasteiger partial charge on any atom is -0.467 e. The number of aliphatic imine (C=N–C) groups is 1. The van der Waals surface area contributed by atoms with Crippen LogP contribution in [0.15, 0.2) is 46.0 Å². The predicted molar refractivity (Wildman–Crippen MR) is 106 cm³/mol. The van der Waals surface area contributed by atoms with Crippen molar-refractivity contribution in [2.75, 3.05) is 16.8 Å². The van der Waals surface area contributed by atoms with Crippen LogP contribution in [0.2, 0.25) is 5.02 Å². The molecule has 10 heteroatoms. The maximum Gasteiger partial charge on any atom is 0.251 e. The van der Waals surface area contributed by atoms with Gasteiger partial charge in [-0.2, -0.15) is 0 Å². The molecule has 1 aromatic heterocycles. The third-order valence-corrected chi connectivity index (χ3v) is 7.76. The summed E-state index contributed by atoms with van der Waals surface area (Å²) in [6.07, 6.45) is 1.55. The first kappa shape index (κ1) is 18.4. The molecule has 27 heavy (non-hydrogen) atoms. The SMILES string of the molecule is O=C(NCc1ccco1)c1ccc(Cl)c(NC2=N[C@@H]3CS(=O)(=O)C[C@H]3S2)c1. The van der Waals surface area contributed by atoms with Crippen LogP contribution in [0.4, 0.5) is 5.69 Å². The lowest BCUT2D eigenvalue weighted by molar-refractivity contribution is 0.0948. The Balaban J connectivity index is 1.44. The number of benzene rings is 1. The smallest absolute Gasteiger partial charge is 0.251 e. The summed E-state index contributed by atoms with van der Waals surface area (Å²) in [7, 11) is -3.00. The number of nitrogens with zero attached hydrogens (tertiary/aromatic N) is 1. The Morgan fingerprint density at radius 3 is 2.93 bits per heavy atom. The van der Waals surface area contributed by atoms with Crippen LogP contribution in [-0.2, 0) is 16.4 Å². The molecule has 1 amide bonds. The van der Waals surface area contributed by atoms with Crippen molar-refractivity contribution < 1.29 is 17.6 Å². The Bertz CT molecular complexity index is 1010. The number of fused-ring (bicyclic) bond motifs is 1. The van der Waals surface area contributed by atoms with Crippen LogP contribution >= 0.6 is 23.4 Å². The van der Waals surface area contributed by atoms with Crippen molar-refractivity contribution in [3.63, 3.8) is 0 Å². The molecular weight excluding hydrogens is 410 g/mol. The molecule has 1 aromatic carbocycles. The molecule has 0 aliphatic carbocycles. The molecule has 2 aliphatic rings. The van der Waals surface area contributed by atoms with E-state index < -0.39 is 9.84 Å². The topological polar surface area (TPSA) is 101 Å². The van der Waals surface area contributed by atoms with Gasteiger partial charge in [-0.05, 0) is 30.3 Å². The van der Waals surface area contributed by atoms with Gasteiger partial charge in [-0.25, -0.2) is 8.42 Å². The zero-order valence-electron chi connectivity index (χ0n) is 14.0. The van der Waals surface area contributed by atoms with Crippen LogP contribution in [0.3, 0.4) is 0 Å². The van der Waals surface area contributed by atoms with Crippen LogP contribution in [-0.4, -0.2) is 42.3 Å². The van der Waals surface area contributed by atoms with Gasteiger partial charge in [0.15, 0.2) is 15.0 Å². The molecule has 2 N–H and O–H groups in total. The fourth-order valence-electron chi connectivity index (χ4n) is 2.98. The number of nitrogens with one attached hydrogen (secondary N) is 2. The van der Waals surface area contributed by atoms with E-state index in [1.54, 1.807) is 36.6 Å². The van der Waals surface area contributed by atoms with E-state index >= 15 is 0 Å². The summed E-state index contributed by atoms with van der Waals surface area (Å²) in [5.41, 5.74) is 0.997. The standard InChI is InChI=1S/C17H16ClN3O4S2/c18-12-4-3-10(16(22)19-7-11-2-1-5-25-11)6-13(12)20-17-21-14-8-27(23,24)9-15(14)26-17/h1-6,14-15H,7-9H2,(H,19,22)(H,20,21)/t14-,15-/m1/s1. The van der Waals surface area contributed by atoms with E-state index in [4.69, 9.17) is 16.0 Å². The van der Waals surface area contributed by atoms with Gasteiger partial charge in [0.2, 0.25) is 0 Å². The van der Waals surface area contributed by atoms with Gasteiger partial charge in [0.25, 0.3) is 5.91 Å². The summed E-state index contributed by atoms with van der Waals surface area (Å²) in [4.78, 5) is 16.8. The lowest BCUT2D eigenvalue weighted by atomic mass is 10.2. The molecule has 0 radical (unpaired) electrons. The van der Waals surface area contributed by atoms with E-state index in [0.717, 1.165) is 0 Å². The number of carbonyl (C=O) groups excluding carboxylic acids is 1. The third-order valence-electron chi connectivity index (χ3n) is 4.29. The zero-order chi connectivity index (χ0) is 19.0. The first-order valence-electron chi connectivity index (χ1n) is 8.22. The van der Waals surface area contributed by atoms with Gasteiger partial charge in [-0.15, -0.1) is 0 Å². The number of hydrogen-bond acceptors (Lipinski definition) is 7. The maximum absolute atomic E-state index is 12.3. The lowest BCUT2D eigenvalue weighted by Crippen LogP contribution is -2.22. The number of halogens is 1. The second-order valence-corrected chi connectivity index (χ2v) is 10.1. The number of hydrogen-bond donors (Lipinski definition) is 2. The van der Waals surface area contributed by atoms with E-state index in [1.165, 1.54) is 11.8 Å². The Morgan fingerprint density at radius 2 is 2.19 bits per heavy atom. The highest BCUT2D eigenvalue weighted by Gasteiger charge is 2.42. The lowest BCUT2D eigenvalue weighted by Gasteiger charge is -2.11. The molecule has 4 rings (SSSR count). The number of anilines is 1. The number of amides is 1. The zero-order valence-corrected chi connectivity index (χ0v) is 16.4. The number of carbonyl (C=O) groups is 1. The normalized spacial score (nSPS) is 22.9. The minimum atomic E-state index is -3.00. The summed E-state index contributed by atoms with van der Waals surface area (Å²) < 4.78 is 28.5. The van der Waals surface area contributed by atoms with E-state index in [-0.39, 0.29) is 35.2 Å². The molecule has 1 saturated heterocycles. The van der Waals surface area contributed by atoms with Gasteiger partial charge in [0, 0.05) is 10.8 Å². The average Bonchev–Trinajstić information content (AvgIpc) is 3.29. The van der Waals surface area contributed by atoms with E-state index in [1.807, 2.05) is 0 Å². The quantitative estimate of drug-likeness (QED) is 0.780. The molecule has 0 saturated carbocycles. The Kier molecular flexibility index (Phi) is 4.92. The molecule has 142 valence electrons. The molecule has 1 fully saturated rings. The second kappa shape index (κ2) is 7.21. The number of thioether (sulfide) groups is 1. The summed E-state index contributed by atoms with van der Waals surface area (Å²) in [5.74, 6) is 0.627. The first-order valence-corrected chi connectivity index (χ1v) is 11.3. The Morgan fingerprint density at radius 1 is 1.33 bits per heavy atom. The first-order chi connectivity index (χ1) is 12.9. The van der Waals surface area contributed by atoms with E-state index in [9.17, 15) is 13.2 Å². The summed E-state index contributed by atoms with van der Waals surface area (Å²) in [6, 6.07) is 8.23. The third kappa shape index (κ3) is 4.15. The van der Waals surface area contributed by atoms with Gasteiger partial charge in [-0.3, -0.25) is 9.79 Å². The summed E-state index contributed by atoms with van der Waals surface area (Å²) in [5, 5.41) is 6.91. The number of sulfone groups is 1. The van der Waals surface area contributed by atoms with Crippen molar-refractivity contribution in [3.05, 3.63) is 52.9 Å². The second-order valence-electron chi connectivity index (χ2n) is 6.32. The van der Waals surface area contributed by atoms with Crippen molar-refractivity contribution in [3.8, 4) is 0 Å². The van der Waals surface area contributed by atoms with Crippen LogP contribution in [0.1, 0.15) is 16.1 Å². The monoisotopic (exact) mass is 425 g/mol. The van der Waals surface area contributed by atoms with Gasteiger partial charge in [0.05, 0.1) is 41.1 Å². The highest BCUT2D eigenvalue weighted by atomic mass is 35.5. The average molecular weight is 426 g/mol. The van der Waals surface area contributed by atoms with Crippen LogP contribution in [0.5, 0.6) is 0 Å². The van der Waals surface area contributed by atoms with Crippen molar-refractivity contribution in [1.29, 1.82) is 0 Å². The van der Waals surface area contributed by atoms with Gasteiger partial charge in [-0.1, -0.05) is 23.4 Å². The molecule has 3 heterocycles. The maximum atomic E-state index is 12.3. The molecule has 2 aromatic rings. The molecule has 2 atom stereocenters. The van der Waals surface area contributed by atoms with Crippen LogP contribution < -0.4 is 10.6 Å². The van der Waals surface area contributed by atoms with Crippen molar-refractivity contribution in [2.45, 2.75) is 17.8 Å². The number of furan rings is 1. The molecule has 7 nitrogen and oxygen atoms in total. The number of rotatable bonds is 4. The van der Waals surface area contributed by atoms with Crippen LogP contribution in [0, 0.1) is 0 Å². The molecule has 0 bridgehead atoms. The van der Waals surface area contributed by atoms with Crippen molar-refractivity contribution in [2.24, 2.45) is 4.99 Å². The number of amidine groups is 1. The van der Waals surface area contributed by atoms with Crippen LogP contribution in [0.25, 0.3) is 0 Å². The summed E-state index contributed by atoms with van der Waals surface area (Å²) >= 11 is 7.63. The van der Waals surface area contributed by atoms with Gasteiger partial charge >= 0.3 is 0 Å². The highest BCUT2D eigenvalue weighted by molar-refractivity contribution is 8.15. The summed E-state index contributed by atoms with van der Waals surface area (Å²) in [6.45, 7) is 0.289. The fraction of sp³-hybridized carbons (Fsp3) is 0.294. The predicted octanol–water partition coefficient (Wildman–Crippen LogP) is 2.54. The largest absolute Gasteiger partial charge is 0.467 e. The molecular formula is C17H16ClN3O4S2. The highest BCUT2D eigenvalue weighted by Crippen LogP contribution is 2.35. The van der Waals surface area contributed by atoms with E-state index in [2.05, 4.69) is 15.6 Å². The van der Waals surface area contributed by atoms with E-state index in [0.29, 0.717) is 27.2 Å². The fourth-order valence-corrected chi connectivity index (χ4v) is 6.81. The van der Waals surface area contributed by atoms with Crippen molar-refractivity contribution in [1.82, 2.24) is 5.32 Å². The van der Waals surface area contributed by atoms with Gasteiger partial charge < -0.3 is 15.1 Å². The van der Waals surface area contributed by atoms with Crippen molar-refractivity contribution >= 4 is 50.0 Å². The molecule has 0 spiro atoms. The molecule has 2 aliphatic heterocycles. The minimum absolute atomic E-state index is 0.0592. The Hall–Kier alpha value is -1.97. The Labute approximate surface area is 165 Å².